The van der Waals surface area contributed by atoms with Crippen molar-refractivity contribution in [3.8, 4) is 0 Å². The van der Waals surface area contributed by atoms with E-state index in [0.717, 1.165) is 25.7 Å². The highest BCUT2D eigenvalue weighted by molar-refractivity contribution is 5.90. The lowest BCUT2D eigenvalue weighted by atomic mass is 9.84. The second-order valence-corrected chi connectivity index (χ2v) is 7.46. The summed E-state index contributed by atoms with van der Waals surface area (Å²) in [7, 11) is 1.61. The van der Waals surface area contributed by atoms with Gasteiger partial charge in [-0.2, -0.15) is 0 Å². The Kier molecular flexibility index (Phi) is 5.79. The number of carbonyl (C=O) groups excluding carboxylic acids is 2. The van der Waals surface area contributed by atoms with Crippen LogP contribution in [0.5, 0.6) is 0 Å². The minimum Gasteiger partial charge on any atom is -0.371 e. The van der Waals surface area contributed by atoms with Gasteiger partial charge in [-0.3, -0.25) is 9.59 Å². The van der Waals surface area contributed by atoms with Crippen molar-refractivity contribution in [1.29, 1.82) is 0 Å². The van der Waals surface area contributed by atoms with E-state index < -0.39 is 5.54 Å². The molecule has 142 valence electrons. The van der Waals surface area contributed by atoms with E-state index >= 15 is 0 Å². The van der Waals surface area contributed by atoms with Gasteiger partial charge in [-0.05, 0) is 43.9 Å². The first-order valence-corrected chi connectivity index (χ1v) is 9.59. The van der Waals surface area contributed by atoms with E-state index in [9.17, 15) is 14.0 Å². The fraction of sp³-hybridized carbons (Fsp3) is 0.600. The molecule has 0 atom stereocenters. The predicted molar refractivity (Wildman–Crippen MR) is 99.2 cm³/mol. The van der Waals surface area contributed by atoms with Gasteiger partial charge in [0.1, 0.15) is 11.4 Å². The molecule has 5 nitrogen and oxygen atoms in total. The lowest BCUT2D eigenvalue weighted by Crippen LogP contribution is -2.59. The molecule has 0 spiro atoms. The SMILES string of the molecule is CNC(=O)C1(Nc2cccc(F)c2)CCN(C(=O)C2CCCCC2)CC1. The third kappa shape index (κ3) is 4.00. The lowest BCUT2D eigenvalue weighted by Gasteiger charge is -2.42. The number of hydrogen-bond donors (Lipinski definition) is 2. The Balaban J connectivity index is 1.69. The molecule has 6 heteroatoms. The number of hydrogen-bond acceptors (Lipinski definition) is 3. The van der Waals surface area contributed by atoms with Gasteiger partial charge in [0.25, 0.3) is 0 Å². The summed E-state index contributed by atoms with van der Waals surface area (Å²) < 4.78 is 13.5. The number of piperidine rings is 1. The smallest absolute Gasteiger partial charge is 0.245 e. The first kappa shape index (κ1) is 18.7. The molecule has 3 rings (SSSR count). The third-order valence-corrected chi connectivity index (χ3v) is 5.75. The van der Waals surface area contributed by atoms with Crippen LogP contribution in [-0.2, 0) is 9.59 Å². The van der Waals surface area contributed by atoms with E-state index in [-0.39, 0.29) is 23.5 Å². The summed E-state index contributed by atoms with van der Waals surface area (Å²) in [5, 5.41) is 5.95. The van der Waals surface area contributed by atoms with Crippen molar-refractivity contribution >= 4 is 17.5 Å². The zero-order valence-corrected chi connectivity index (χ0v) is 15.4. The molecule has 1 aliphatic carbocycles. The summed E-state index contributed by atoms with van der Waals surface area (Å²) in [4.78, 5) is 27.3. The monoisotopic (exact) mass is 361 g/mol. The van der Waals surface area contributed by atoms with Crippen molar-refractivity contribution in [3.05, 3.63) is 30.1 Å². The zero-order chi connectivity index (χ0) is 18.6. The van der Waals surface area contributed by atoms with E-state index in [1.165, 1.54) is 18.6 Å². The number of nitrogens with one attached hydrogen (secondary N) is 2. The Morgan fingerprint density at radius 2 is 1.85 bits per heavy atom. The Hall–Kier alpha value is -2.11. The van der Waals surface area contributed by atoms with Gasteiger partial charge in [0.05, 0.1) is 0 Å². The lowest BCUT2D eigenvalue weighted by molar-refractivity contribution is -0.140. The molecule has 2 N–H and O–H groups in total. The van der Waals surface area contributed by atoms with Crippen molar-refractivity contribution in [3.63, 3.8) is 0 Å². The maximum atomic E-state index is 13.5. The molecule has 0 aromatic heterocycles. The van der Waals surface area contributed by atoms with Gasteiger partial charge in [-0.15, -0.1) is 0 Å². The van der Waals surface area contributed by atoms with E-state index in [1.54, 1.807) is 19.2 Å². The minimum atomic E-state index is -0.814. The highest BCUT2D eigenvalue weighted by atomic mass is 19.1. The van der Waals surface area contributed by atoms with Crippen molar-refractivity contribution < 1.29 is 14.0 Å². The number of likely N-dealkylation sites (tertiary alicyclic amines) is 1. The van der Waals surface area contributed by atoms with Crippen LogP contribution in [0.1, 0.15) is 44.9 Å². The van der Waals surface area contributed by atoms with E-state index in [0.29, 0.717) is 31.6 Å². The Labute approximate surface area is 154 Å². The molecule has 2 aliphatic rings. The number of amides is 2. The first-order valence-electron chi connectivity index (χ1n) is 9.59. The topological polar surface area (TPSA) is 61.4 Å². The van der Waals surface area contributed by atoms with Crippen LogP contribution in [0.15, 0.2) is 24.3 Å². The van der Waals surface area contributed by atoms with Gasteiger partial charge in [0.2, 0.25) is 11.8 Å². The summed E-state index contributed by atoms with van der Waals surface area (Å²) >= 11 is 0. The van der Waals surface area contributed by atoms with E-state index in [1.807, 2.05) is 4.90 Å². The van der Waals surface area contributed by atoms with Gasteiger partial charge in [-0.1, -0.05) is 25.3 Å². The number of halogens is 1. The standard InChI is InChI=1S/C20H28FN3O2/c1-22-19(26)20(23-17-9-5-8-16(21)14-17)10-12-24(13-11-20)18(25)15-6-3-2-4-7-15/h5,8-9,14-15,23H,2-4,6-7,10-13H2,1H3,(H,22,26). The van der Waals surface area contributed by atoms with Gasteiger partial charge in [-0.25, -0.2) is 4.39 Å². The fourth-order valence-electron chi connectivity index (χ4n) is 4.21. The van der Waals surface area contributed by atoms with Crippen LogP contribution < -0.4 is 10.6 Å². The summed E-state index contributed by atoms with van der Waals surface area (Å²) in [6.45, 7) is 1.09. The normalized spacial score (nSPS) is 20.5. The van der Waals surface area contributed by atoms with Crippen LogP contribution in [0.2, 0.25) is 0 Å². The van der Waals surface area contributed by atoms with Crippen molar-refractivity contribution in [2.45, 2.75) is 50.5 Å². The number of benzene rings is 1. The first-order chi connectivity index (χ1) is 12.5. The van der Waals surface area contributed by atoms with Gasteiger partial charge in [0.15, 0.2) is 0 Å². The molecular weight excluding hydrogens is 333 g/mol. The third-order valence-electron chi connectivity index (χ3n) is 5.75. The fourth-order valence-corrected chi connectivity index (χ4v) is 4.21. The second-order valence-electron chi connectivity index (χ2n) is 7.46. The molecule has 1 aromatic rings. The summed E-state index contributed by atoms with van der Waals surface area (Å²) in [5.74, 6) is -0.0770. The van der Waals surface area contributed by atoms with E-state index in [4.69, 9.17) is 0 Å². The molecule has 0 radical (unpaired) electrons. The maximum absolute atomic E-state index is 13.5. The van der Waals surface area contributed by atoms with Gasteiger partial charge < -0.3 is 15.5 Å². The van der Waals surface area contributed by atoms with Gasteiger partial charge in [0, 0.05) is 31.7 Å². The highest BCUT2D eigenvalue weighted by Gasteiger charge is 2.42. The minimum absolute atomic E-state index is 0.119. The van der Waals surface area contributed by atoms with Crippen LogP contribution in [0, 0.1) is 11.7 Å². The Morgan fingerprint density at radius 1 is 1.15 bits per heavy atom. The Morgan fingerprint density at radius 3 is 2.46 bits per heavy atom. The molecule has 0 bridgehead atoms. The molecule has 26 heavy (non-hydrogen) atoms. The molecule has 0 unspecified atom stereocenters. The Bertz CT molecular complexity index is 650. The molecule has 2 fully saturated rings. The van der Waals surface area contributed by atoms with Crippen molar-refractivity contribution in [2.75, 3.05) is 25.5 Å². The van der Waals surface area contributed by atoms with Crippen molar-refractivity contribution in [2.24, 2.45) is 5.92 Å². The summed E-state index contributed by atoms with van der Waals surface area (Å²) in [5.41, 5.74) is -0.230. The summed E-state index contributed by atoms with van der Waals surface area (Å²) in [6, 6.07) is 6.15. The number of nitrogens with zero attached hydrogens (tertiary/aromatic N) is 1. The zero-order valence-electron chi connectivity index (χ0n) is 15.4. The van der Waals surface area contributed by atoms with Crippen LogP contribution in [0.3, 0.4) is 0 Å². The average Bonchev–Trinajstić information content (AvgIpc) is 2.68. The highest BCUT2D eigenvalue weighted by Crippen LogP contribution is 2.31. The molecular formula is C20H28FN3O2. The van der Waals surface area contributed by atoms with Gasteiger partial charge >= 0.3 is 0 Å². The quantitative estimate of drug-likeness (QED) is 0.867. The van der Waals surface area contributed by atoms with Crippen molar-refractivity contribution in [1.82, 2.24) is 10.2 Å². The number of likely N-dealkylation sites (N-methyl/N-ethyl adjacent to an activating group) is 1. The maximum Gasteiger partial charge on any atom is 0.245 e. The molecule has 1 aromatic carbocycles. The van der Waals surface area contributed by atoms with Crippen LogP contribution >= 0.6 is 0 Å². The van der Waals surface area contributed by atoms with E-state index in [2.05, 4.69) is 10.6 Å². The molecule has 2 amide bonds. The largest absolute Gasteiger partial charge is 0.371 e. The second kappa shape index (κ2) is 8.06. The molecule has 1 saturated heterocycles. The predicted octanol–water partition coefficient (Wildman–Crippen LogP) is 2.93. The summed E-state index contributed by atoms with van der Waals surface area (Å²) in [6.07, 6.45) is 6.49. The molecule has 1 saturated carbocycles. The molecule has 1 aliphatic heterocycles. The van der Waals surface area contributed by atoms with Crippen LogP contribution in [-0.4, -0.2) is 42.4 Å². The number of rotatable bonds is 4. The average molecular weight is 361 g/mol. The number of anilines is 1. The molecule has 1 heterocycles. The van der Waals surface area contributed by atoms with Crippen LogP contribution in [0.4, 0.5) is 10.1 Å². The van der Waals surface area contributed by atoms with Crippen LogP contribution in [0.25, 0.3) is 0 Å². The number of carbonyl (C=O) groups is 2.